The topological polar surface area (TPSA) is 38.7 Å². The third kappa shape index (κ3) is 4.63. The van der Waals surface area contributed by atoms with E-state index in [2.05, 4.69) is 97.1 Å². The van der Waals surface area contributed by atoms with Crippen LogP contribution in [0.5, 0.6) is 0 Å². The second-order valence-corrected chi connectivity index (χ2v) is 10.3. The molecule has 184 valence electrons. The Labute approximate surface area is 231 Å². The van der Waals surface area contributed by atoms with E-state index in [1.807, 2.05) is 42.5 Å². The van der Waals surface area contributed by atoms with Crippen molar-refractivity contribution in [3.63, 3.8) is 0 Å². The number of aromatic nitrogens is 3. The van der Waals surface area contributed by atoms with E-state index in [4.69, 9.17) is 15.0 Å². The lowest BCUT2D eigenvalue weighted by molar-refractivity contribution is 1.18. The molecular weight excluding hydrogens is 494 g/mol. The van der Waals surface area contributed by atoms with E-state index >= 15 is 0 Å². The summed E-state index contributed by atoms with van der Waals surface area (Å²) in [6.07, 6.45) is 0. The highest BCUT2D eigenvalue weighted by Gasteiger charge is 2.14. The van der Waals surface area contributed by atoms with E-state index < -0.39 is 0 Å². The first-order chi connectivity index (χ1) is 19.3. The highest BCUT2D eigenvalue weighted by atomic mass is 32.1. The van der Waals surface area contributed by atoms with Crippen molar-refractivity contribution in [2.75, 3.05) is 0 Å². The number of thiazole rings is 1. The quantitative estimate of drug-likeness (QED) is 0.228. The van der Waals surface area contributed by atoms with Crippen LogP contribution in [0.3, 0.4) is 0 Å². The van der Waals surface area contributed by atoms with E-state index in [-0.39, 0.29) is 0 Å². The van der Waals surface area contributed by atoms with Gasteiger partial charge in [-0.05, 0) is 23.8 Å². The molecule has 4 heteroatoms. The van der Waals surface area contributed by atoms with Crippen LogP contribution in [0.4, 0.5) is 0 Å². The van der Waals surface area contributed by atoms with E-state index in [1.165, 1.54) is 4.70 Å². The van der Waals surface area contributed by atoms with Crippen LogP contribution >= 0.6 is 11.3 Å². The fourth-order valence-electron chi connectivity index (χ4n) is 4.80. The molecule has 3 nitrogen and oxygen atoms in total. The molecule has 39 heavy (non-hydrogen) atoms. The molecule has 0 fully saturated rings. The lowest BCUT2D eigenvalue weighted by Crippen LogP contribution is -1.96. The zero-order chi connectivity index (χ0) is 26.0. The molecule has 0 radical (unpaired) electrons. The standard InChI is InChI=1S/C35H23N3S/c1-4-12-24(13-5-1)31-23-32(25-14-6-2-7-15-25)37-34(36-31)28-19-10-18-27(22-28)29-20-11-21-30-33(29)39-35(38-30)26-16-8-3-9-17-26/h1-23H. The van der Waals surface area contributed by atoms with Crippen LogP contribution in [0, 0.1) is 0 Å². The van der Waals surface area contributed by atoms with Gasteiger partial charge >= 0.3 is 0 Å². The average Bonchev–Trinajstić information content (AvgIpc) is 3.47. The second-order valence-electron chi connectivity index (χ2n) is 9.31. The summed E-state index contributed by atoms with van der Waals surface area (Å²) in [6.45, 7) is 0. The van der Waals surface area contributed by atoms with E-state index in [0.717, 1.165) is 55.3 Å². The SMILES string of the molecule is c1ccc(-c2cc(-c3ccccc3)nc(-c3cccc(-c4cccc5nc(-c6ccccc6)sc45)c3)n2)cc1. The van der Waals surface area contributed by atoms with Crippen LogP contribution in [-0.2, 0) is 0 Å². The summed E-state index contributed by atoms with van der Waals surface area (Å²) >= 11 is 1.73. The Morgan fingerprint density at radius 1 is 0.410 bits per heavy atom. The Hall–Kier alpha value is -4.93. The van der Waals surface area contributed by atoms with Gasteiger partial charge in [0.05, 0.1) is 21.6 Å². The van der Waals surface area contributed by atoms with Crippen molar-refractivity contribution in [1.29, 1.82) is 0 Å². The summed E-state index contributed by atoms with van der Waals surface area (Å²) in [5, 5.41) is 1.03. The van der Waals surface area contributed by atoms with Crippen molar-refractivity contribution in [1.82, 2.24) is 15.0 Å². The van der Waals surface area contributed by atoms with E-state index in [1.54, 1.807) is 11.3 Å². The zero-order valence-electron chi connectivity index (χ0n) is 21.0. The number of hydrogen-bond acceptors (Lipinski definition) is 4. The van der Waals surface area contributed by atoms with Gasteiger partial charge in [-0.2, -0.15) is 0 Å². The molecule has 0 amide bonds. The Bertz CT molecular complexity index is 1840. The molecule has 0 spiro atoms. The van der Waals surface area contributed by atoms with E-state index in [0.29, 0.717) is 5.82 Å². The van der Waals surface area contributed by atoms with Gasteiger partial charge in [0.25, 0.3) is 0 Å². The predicted molar refractivity (Wildman–Crippen MR) is 162 cm³/mol. The fourth-order valence-corrected chi connectivity index (χ4v) is 5.90. The summed E-state index contributed by atoms with van der Waals surface area (Å²) < 4.78 is 1.18. The number of hydrogen-bond donors (Lipinski definition) is 0. The molecular formula is C35H23N3S. The molecule has 5 aromatic carbocycles. The van der Waals surface area contributed by atoms with Crippen molar-refractivity contribution in [3.05, 3.63) is 140 Å². The van der Waals surface area contributed by atoms with Crippen LogP contribution in [0.15, 0.2) is 140 Å². The van der Waals surface area contributed by atoms with Crippen LogP contribution in [0.2, 0.25) is 0 Å². The van der Waals surface area contributed by atoms with Gasteiger partial charge in [0.15, 0.2) is 5.82 Å². The van der Waals surface area contributed by atoms with Crippen LogP contribution in [0.1, 0.15) is 0 Å². The molecule has 0 atom stereocenters. The zero-order valence-corrected chi connectivity index (χ0v) is 21.8. The maximum absolute atomic E-state index is 5.02. The average molecular weight is 518 g/mol. The molecule has 0 N–H and O–H groups in total. The molecule has 0 aliphatic rings. The third-order valence-corrected chi connectivity index (χ3v) is 7.89. The third-order valence-electron chi connectivity index (χ3n) is 6.73. The van der Waals surface area contributed by atoms with Gasteiger partial charge in [-0.3, -0.25) is 0 Å². The number of nitrogens with zero attached hydrogens (tertiary/aromatic N) is 3. The number of rotatable bonds is 5. The molecule has 2 aromatic heterocycles. The minimum absolute atomic E-state index is 0.707. The highest BCUT2D eigenvalue weighted by Crippen LogP contribution is 2.38. The molecule has 0 saturated carbocycles. The van der Waals surface area contributed by atoms with Crippen molar-refractivity contribution < 1.29 is 0 Å². The van der Waals surface area contributed by atoms with Gasteiger partial charge in [0, 0.05) is 27.8 Å². The van der Waals surface area contributed by atoms with Gasteiger partial charge in [-0.15, -0.1) is 11.3 Å². The minimum atomic E-state index is 0.707. The van der Waals surface area contributed by atoms with Gasteiger partial charge in [-0.1, -0.05) is 121 Å². The van der Waals surface area contributed by atoms with Crippen LogP contribution in [0.25, 0.3) is 65.8 Å². The Kier molecular flexibility index (Phi) is 6.00. The van der Waals surface area contributed by atoms with Crippen molar-refractivity contribution >= 4 is 21.6 Å². The van der Waals surface area contributed by atoms with Crippen LogP contribution < -0.4 is 0 Å². The Morgan fingerprint density at radius 3 is 1.59 bits per heavy atom. The molecule has 0 unspecified atom stereocenters. The van der Waals surface area contributed by atoms with E-state index in [9.17, 15) is 0 Å². The van der Waals surface area contributed by atoms with Gasteiger partial charge < -0.3 is 0 Å². The maximum atomic E-state index is 5.02. The summed E-state index contributed by atoms with van der Waals surface area (Å²) in [5.41, 5.74) is 9.35. The monoisotopic (exact) mass is 517 g/mol. The fraction of sp³-hybridized carbons (Fsp3) is 0. The molecule has 0 bridgehead atoms. The Morgan fingerprint density at radius 2 is 0.949 bits per heavy atom. The molecule has 0 aliphatic carbocycles. The summed E-state index contributed by atoms with van der Waals surface area (Å²) in [7, 11) is 0. The summed E-state index contributed by atoms with van der Waals surface area (Å²) in [4.78, 5) is 15.0. The highest BCUT2D eigenvalue weighted by molar-refractivity contribution is 7.22. The predicted octanol–water partition coefficient (Wildman–Crippen LogP) is 9.42. The Balaban J connectivity index is 1.36. The number of benzene rings is 5. The molecule has 2 heterocycles. The molecule has 0 aliphatic heterocycles. The minimum Gasteiger partial charge on any atom is -0.236 e. The molecule has 7 rings (SSSR count). The summed E-state index contributed by atoms with van der Waals surface area (Å²) in [6, 6.07) is 47.9. The van der Waals surface area contributed by atoms with Gasteiger partial charge in [0.1, 0.15) is 5.01 Å². The van der Waals surface area contributed by atoms with Crippen molar-refractivity contribution in [2.45, 2.75) is 0 Å². The lowest BCUT2D eigenvalue weighted by atomic mass is 10.0. The van der Waals surface area contributed by atoms with Gasteiger partial charge in [0.2, 0.25) is 0 Å². The first-order valence-corrected chi connectivity index (χ1v) is 13.7. The second kappa shape index (κ2) is 10.1. The summed E-state index contributed by atoms with van der Waals surface area (Å²) in [5.74, 6) is 0.707. The molecule has 0 saturated heterocycles. The smallest absolute Gasteiger partial charge is 0.160 e. The normalized spacial score (nSPS) is 11.1. The lowest BCUT2D eigenvalue weighted by Gasteiger charge is -2.10. The number of fused-ring (bicyclic) bond motifs is 1. The largest absolute Gasteiger partial charge is 0.236 e. The van der Waals surface area contributed by atoms with Crippen LogP contribution in [-0.4, -0.2) is 15.0 Å². The molecule has 7 aromatic rings. The van der Waals surface area contributed by atoms with Crippen molar-refractivity contribution in [3.8, 4) is 55.6 Å². The maximum Gasteiger partial charge on any atom is 0.160 e. The van der Waals surface area contributed by atoms with Gasteiger partial charge in [-0.25, -0.2) is 15.0 Å². The van der Waals surface area contributed by atoms with Crippen molar-refractivity contribution in [2.24, 2.45) is 0 Å². The first kappa shape index (κ1) is 23.2. The first-order valence-electron chi connectivity index (χ1n) is 12.9.